The van der Waals surface area contributed by atoms with E-state index < -0.39 is 0 Å². The van der Waals surface area contributed by atoms with Gasteiger partial charge in [0.25, 0.3) is 5.56 Å². The van der Waals surface area contributed by atoms with Crippen LogP contribution in [0, 0.1) is 0 Å². The number of aromatic nitrogens is 3. The van der Waals surface area contributed by atoms with Gasteiger partial charge in [-0.3, -0.25) is 4.79 Å². The highest BCUT2D eigenvalue weighted by atomic mass is 16.1. The van der Waals surface area contributed by atoms with E-state index in [9.17, 15) is 4.79 Å². The maximum Gasteiger partial charge on any atom is 0.255 e. The Morgan fingerprint density at radius 2 is 1.86 bits per heavy atom. The number of H-pyrrole nitrogens is 1. The smallest absolute Gasteiger partial charge is 0.255 e. The molecule has 29 heavy (non-hydrogen) atoms. The Balaban J connectivity index is 1.54. The molecule has 2 aromatic heterocycles. The average molecular weight is 387 g/mol. The topological polar surface area (TPSA) is 73.9 Å². The molecule has 0 aliphatic carbocycles. The van der Waals surface area contributed by atoms with Gasteiger partial charge in [-0.25, -0.2) is 9.97 Å². The molecule has 1 fully saturated rings. The van der Waals surface area contributed by atoms with E-state index in [0.717, 1.165) is 29.9 Å². The molecule has 3 heterocycles. The lowest BCUT2D eigenvalue weighted by molar-refractivity contribution is 0.578. The number of hydrogen-bond donors (Lipinski definition) is 2. The van der Waals surface area contributed by atoms with Crippen LogP contribution >= 0.6 is 0 Å². The zero-order valence-electron chi connectivity index (χ0n) is 16.6. The van der Waals surface area contributed by atoms with Gasteiger partial charge in [0.2, 0.25) is 5.95 Å². The molecule has 2 N–H and O–H groups in total. The van der Waals surface area contributed by atoms with Crippen molar-refractivity contribution in [1.82, 2.24) is 15.0 Å². The molecule has 1 aliphatic rings. The standard InChI is InChI=1S/C23H25N5O/c1-24-23-25-12-11-21(27-23)19-15-18(22(29)26-16-19)8-5-17-6-9-20(10-7-17)28-13-3-2-4-14-28/h5-12,15-16H,2-4,13-14H2,1H3,(H,26,29)(H,24,25,27)/b8-5+. The first kappa shape index (κ1) is 18.9. The molecule has 0 amide bonds. The van der Waals surface area contributed by atoms with Crippen LogP contribution in [-0.4, -0.2) is 35.1 Å². The first-order chi connectivity index (χ1) is 14.2. The lowest BCUT2D eigenvalue weighted by Crippen LogP contribution is -2.29. The summed E-state index contributed by atoms with van der Waals surface area (Å²) in [6.45, 7) is 2.27. The highest BCUT2D eigenvalue weighted by Crippen LogP contribution is 2.21. The Morgan fingerprint density at radius 3 is 2.62 bits per heavy atom. The molecule has 148 valence electrons. The van der Waals surface area contributed by atoms with E-state index >= 15 is 0 Å². The minimum absolute atomic E-state index is 0.127. The Labute approximate surface area is 170 Å². The molecule has 4 rings (SSSR count). The van der Waals surface area contributed by atoms with Crippen molar-refractivity contribution >= 4 is 23.8 Å². The van der Waals surface area contributed by atoms with Crippen molar-refractivity contribution in [2.24, 2.45) is 0 Å². The van der Waals surface area contributed by atoms with Gasteiger partial charge in [0.15, 0.2) is 0 Å². The second kappa shape index (κ2) is 8.73. The van der Waals surface area contributed by atoms with Crippen molar-refractivity contribution in [3.05, 3.63) is 70.3 Å². The Kier molecular flexibility index (Phi) is 5.70. The molecule has 0 bridgehead atoms. The van der Waals surface area contributed by atoms with Crippen molar-refractivity contribution in [2.75, 3.05) is 30.4 Å². The normalized spacial score (nSPS) is 14.3. The Hall–Kier alpha value is -3.41. The SMILES string of the molecule is CNc1nccc(-c2c[nH]c(=O)c(/C=C/c3ccc(N4CCCCC4)cc3)c2)n1. The van der Waals surface area contributed by atoms with Crippen LogP contribution < -0.4 is 15.8 Å². The van der Waals surface area contributed by atoms with Gasteiger partial charge in [0, 0.05) is 49.3 Å². The molecule has 6 nitrogen and oxygen atoms in total. The van der Waals surface area contributed by atoms with Gasteiger partial charge < -0.3 is 15.2 Å². The number of pyridine rings is 1. The monoisotopic (exact) mass is 387 g/mol. The van der Waals surface area contributed by atoms with E-state index in [1.165, 1.54) is 24.9 Å². The molecule has 0 radical (unpaired) electrons. The first-order valence-electron chi connectivity index (χ1n) is 10.00. The summed E-state index contributed by atoms with van der Waals surface area (Å²) in [6, 6.07) is 12.2. The quantitative estimate of drug-likeness (QED) is 0.691. The largest absolute Gasteiger partial charge is 0.372 e. The number of aromatic amines is 1. The van der Waals surface area contributed by atoms with Crippen LogP contribution in [0.3, 0.4) is 0 Å². The summed E-state index contributed by atoms with van der Waals surface area (Å²) < 4.78 is 0. The third kappa shape index (κ3) is 4.54. The Morgan fingerprint density at radius 1 is 1.07 bits per heavy atom. The summed E-state index contributed by atoms with van der Waals surface area (Å²) in [4.78, 5) is 26.0. The maximum atomic E-state index is 12.2. The fourth-order valence-electron chi connectivity index (χ4n) is 3.55. The van der Waals surface area contributed by atoms with Crippen LogP contribution in [0.25, 0.3) is 23.4 Å². The summed E-state index contributed by atoms with van der Waals surface area (Å²) in [5.41, 5.74) is 4.38. The molecule has 0 unspecified atom stereocenters. The zero-order valence-corrected chi connectivity index (χ0v) is 16.6. The second-order valence-electron chi connectivity index (χ2n) is 7.16. The highest BCUT2D eigenvalue weighted by molar-refractivity contribution is 5.72. The van der Waals surface area contributed by atoms with Gasteiger partial charge in [-0.05, 0) is 55.2 Å². The van der Waals surface area contributed by atoms with Crippen molar-refractivity contribution in [1.29, 1.82) is 0 Å². The molecule has 6 heteroatoms. The van der Waals surface area contributed by atoms with Crippen LogP contribution in [-0.2, 0) is 0 Å². The average Bonchev–Trinajstić information content (AvgIpc) is 2.79. The van der Waals surface area contributed by atoms with Crippen molar-refractivity contribution in [2.45, 2.75) is 19.3 Å². The summed E-state index contributed by atoms with van der Waals surface area (Å²) >= 11 is 0. The molecule has 0 spiro atoms. The number of nitrogens with one attached hydrogen (secondary N) is 2. The third-order valence-electron chi connectivity index (χ3n) is 5.18. The molecular weight excluding hydrogens is 362 g/mol. The van der Waals surface area contributed by atoms with E-state index in [2.05, 4.69) is 49.4 Å². The summed E-state index contributed by atoms with van der Waals surface area (Å²) in [5.74, 6) is 0.541. The van der Waals surface area contributed by atoms with Gasteiger partial charge in [0.05, 0.1) is 5.69 Å². The maximum absolute atomic E-state index is 12.2. The number of hydrogen-bond acceptors (Lipinski definition) is 5. The van der Waals surface area contributed by atoms with Crippen molar-refractivity contribution < 1.29 is 0 Å². The first-order valence-corrected chi connectivity index (χ1v) is 10.00. The van der Waals surface area contributed by atoms with Gasteiger partial charge in [-0.15, -0.1) is 0 Å². The minimum atomic E-state index is -0.127. The Bertz CT molecular complexity index is 1050. The predicted octanol–water partition coefficient (Wildman–Crippen LogP) is 4.03. The van der Waals surface area contributed by atoms with Gasteiger partial charge >= 0.3 is 0 Å². The fourth-order valence-corrected chi connectivity index (χ4v) is 3.55. The van der Waals surface area contributed by atoms with E-state index in [0.29, 0.717) is 11.5 Å². The number of rotatable bonds is 5. The molecule has 0 saturated carbocycles. The van der Waals surface area contributed by atoms with E-state index in [-0.39, 0.29) is 5.56 Å². The van der Waals surface area contributed by atoms with Gasteiger partial charge in [-0.2, -0.15) is 0 Å². The lowest BCUT2D eigenvalue weighted by Gasteiger charge is -2.28. The van der Waals surface area contributed by atoms with E-state index in [4.69, 9.17) is 0 Å². The second-order valence-corrected chi connectivity index (χ2v) is 7.16. The number of nitrogens with zero attached hydrogens (tertiary/aromatic N) is 3. The van der Waals surface area contributed by atoms with Crippen molar-refractivity contribution in [3.8, 4) is 11.3 Å². The van der Waals surface area contributed by atoms with Crippen LogP contribution in [0.5, 0.6) is 0 Å². The van der Waals surface area contributed by atoms with E-state index in [1.807, 2.05) is 24.3 Å². The fraction of sp³-hybridized carbons (Fsp3) is 0.261. The molecule has 3 aromatic rings. The summed E-state index contributed by atoms with van der Waals surface area (Å²) in [5, 5.41) is 2.93. The number of piperidine rings is 1. The minimum Gasteiger partial charge on any atom is -0.372 e. The number of anilines is 2. The van der Waals surface area contributed by atoms with Gasteiger partial charge in [0.1, 0.15) is 0 Å². The van der Waals surface area contributed by atoms with Gasteiger partial charge in [-0.1, -0.05) is 18.2 Å². The molecule has 1 saturated heterocycles. The van der Waals surface area contributed by atoms with Crippen LogP contribution in [0.2, 0.25) is 0 Å². The van der Waals surface area contributed by atoms with Crippen LogP contribution in [0.15, 0.2) is 53.6 Å². The van der Waals surface area contributed by atoms with Crippen LogP contribution in [0.1, 0.15) is 30.4 Å². The summed E-state index contributed by atoms with van der Waals surface area (Å²) in [7, 11) is 1.77. The molecular formula is C23H25N5O. The van der Waals surface area contributed by atoms with E-state index in [1.54, 1.807) is 19.4 Å². The third-order valence-corrected chi connectivity index (χ3v) is 5.18. The summed E-state index contributed by atoms with van der Waals surface area (Å²) in [6.07, 6.45) is 11.0. The molecule has 1 aliphatic heterocycles. The van der Waals surface area contributed by atoms with Crippen molar-refractivity contribution in [3.63, 3.8) is 0 Å². The highest BCUT2D eigenvalue weighted by Gasteiger charge is 2.10. The predicted molar refractivity (Wildman–Crippen MR) is 119 cm³/mol. The van der Waals surface area contributed by atoms with Crippen LogP contribution in [0.4, 0.5) is 11.6 Å². The molecule has 1 aromatic carbocycles. The lowest BCUT2D eigenvalue weighted by atomic mass is 10.1. The zero-order chi connectivity index (χ0) is 20.1. The molecule has 0 atom stereocenters. The number of benzene rings is 1.